The second kappa shape index (κ2) is 7.36. The van der Waals surface area contributed by atoms with Crippen molar-refractivity contribution in [1.82, 2.24) is 15.2 Å². The van der Waals surface area contributed by atoms with Crippen LogP contribution in [-0.4, -0.2) is 21.8 Å². The van der Waals surface area contributed by atoms with Crippen molar-refractivity contribution in [3.05, 3.63) is 60.5 Å². The molecule has 0 spiro atoms. The molecule has 0 radical (unpaired) electrons. The predicted molar refractivity (Wildman–Crippen MR) is 90.4 cm³/mol. The van der Waals surface area contributed by atoms with Gasteiger partial charge in [-0.05, 0) is 43.3 Å². The van der Waals surface area contributed by atoms with Crippen molar-refractivity contribution in [2.75, 3.05) is 17.2 Å². The van der Waals surface area contributed by atoms with Crippen LogP contribution < -0.4 is 15.4 Å². The fourth-order valence-electron chi connectivity index (χ4n) is 2.07. The molecule has 0 saturated heterocycles. The molecule has 3 rings (SSSR count). The van der Waals surface area contributed by atoms with Crippen LogP contribution in [0.2, 0.25) is 0 Å². The second-order valence-corrected chi connectivity index (χ2v) is 4.85. The lowest BCUT2D eigenvalue weighted by Gasteiger charge is -2.11. The molecule has 0 fully saturated rings. The van der Waals surface area contributed by atoms with Gasteiger partial charge in [0.05, 0.1) is 18.5 Å². The Kier molecular flexibility index (Phi) is 4.81. The summed E-state index contributed by atoms with van der Waals surface area (Å²) in [7, 11) is 0. The fraction of sp³-hybridized carbons (Fsp3) is 0.118. The van der Waals surface area contributed by atoms with Gasteiger partial charge in [0.1, 0.15) is 11.6 Å². The highest BCUT2D eigenvalue weighted by Gasteiger charge is 2.06. The van der Waals surface area contributed by atoms with Crippen LogP contribution in [-0.2, 0) is 0 Å². The first-order valence-electron chi connectivity index (χ1n) is 7.46. The highest BCUT2D eigenvalue weighted by Crippen LogP contribution is 2.26. The van der Waals surface area contributed by atoms with E-state index in [1.807, 2.05) is 31.2 Å². The molecule has 0 aliphatic heterocycles. The predicted octanol–water partition coefficient (Wildman–Crippen LogP) is 3.90. The Hall–Kier alpha value is -3.22. The van der Waals surface area contributed by atoms with Crippen LogP contribution in [0.25, 0.3) is 0 Å². The highest BCUT2D eigenvalue weighted by atomic mass is 19.1. The molecule has 0 amide bonds. The van der Waals surface area contributed by atoms with Gasteiger partial charge in [-0.3, -0.25) is 0 Å². The third kappa shape index (κ3) is 3.95. The van der Waals surface area contributed by atoms with Gasteiger partial charge >= 0.3 is 0 Å². The van der Waals surface area contributed by atoms with Gasteiger partial charge in [-0.2, -0.15) is 10.1 Å². The first kappa shape index (κ1) is 15.7. The number of hydrogen-bond acceptors (Lipinski definition) is 6. The molecule has 1 heterocycles. The minimum absolute atomic E-state index is 0.295. The number of nitrogens with one attached hydrogen (secondary N) is 2. The summed E-state index contributed by atoms with van der Waals surface area (Å²) in [6, 6.07) is 13.5. The van der Waals surface area contributed by atoms with Crippen LogP contribution in [0.4, 0.5) is 27.5 Å². The average molecular weight is 325 g/mol. The van der Waals surface area contributed by atoms with Gasteiger partial charge in [0, 0.05) is 5.69 Å². The van der Waals surface area contributed by atoms with Crippen LogP contribution >= 0.6 is 0 Å². The number of halogens is 1. The number of benzene rings is 2. The summed E-state index contributed by atoms with van der Waals surface area (Å²) in [5.74, 6) is 1.24. The van der Waals surface area contributed by atoms with E-state index in [0.29, 0.717) is 29.8 Å². The zero-order valence-corrected chi connectivity index (χ0v) is 13.0. The third-order valence-electron chi connectivity index (χ3n) is 3.11. The van der Waals surface area contributed by atoms with E-state index in [4.69, 9.17) is 4.74 Å². The lowest BCUT2D eigenvalue weighted by atomic mass is 10.3. The zero-order chi connectivity index (χ0) is 16.8. The molecular formula is C17H16FN5O. The minimum Gasteiger partial charge on any atom is -0.492 e. The molecule has 0 saturated carbocycles. The van der Waals surface area contributed by atoms with Gasteiger partial charge in [-0.1, -0.05) is 12.1 Å². The largest absolute Gasteiger partial charge is 0.492 e. The van der Waals surface area contributed by atoms with Crippen molar-refractivity contribution in [3.8, 4) is 5.75 Å². The standard InChI is InChI=1S/C17H16FN5O/c1-2-24-15-6-4-3-5-14(15)21-17-22-16(11-19-23-17)20-13-9-7-12(18)8-10-13/h3-11H,2H2,1H3,(H2,20,21,22,23). The maximum atomic E-state index is 12.9. The van der Waals surface area contributed by atoms with Crippen molar-refractivity contribution in [1.29, 1.82) is 0 Å². The molecule has 24 heavy (non-hydrogen) atoms. The molecule has 0 unspecified atom stereocenters. The van der Waals surface area contributed by atoms with Gasteiger partial charge in [0.25, 0.3) is 0 Å². The van der Waals surface area contributed by atoms with Crippen LogP contribution in [0.5, 0.6) is 5.75 Å². The molecule has 0 aliphatic rings. The number of anilines is 4. The van der Waals surface area contributed by atoms with E-state index in [9.17, 15) is 4.39 Å². The lowest BCUT2D eigenvalue weighted by molar-refractivity contribution is 0.342. The minimum atomic E-state index is -0.295. The monoisotopic (exact) mass is 325 g/mol. The number of para-hydroxylation sites is 2. The van der Waals surface area contributed by atoms with Crippen molar-refractivity contribution in [2.45, 2.75) is 6.92 Å². The van der Waals surface area contributed by atoms with E-state index in [0.717, 1.165) is 5.69 Å². The Balaban J connectivity index is 1.77. The Morgan fingerprint density at radius 3 is 2.62 bits per heavy atom. The smallest absolute Gasteiger partial charge is 0.249 e. The Morgan fingerprint density at radius 2 is 1.83 bits per heavy atom. The molecule has 6 nitrogen and oxygen atoms in total. The molecule has 0 aliphatic carbocycles. The molecule has 3 aromatic rings. The van der Waals surface area contributed by atoms with Crippen molar-refractivity contribution >= 4 is 23.1 Å². The number of ether oxygens (including phenoxy) is 1. The van der Waals surface area contributed by atoms with E-state index in [1.54, 1.807) is 12.1 Å². The normalized spacial score (nSPS) is 10.2. The maximum Gasteiger partial charge on any atom is 0.249 e. The van der Waals surface area contributed by atoms with Gasteiger partial charge < -0.3 is 15.4 Å². The number of hydrogen-bond donors (Lipinski definition) is 2. The summed E-state index contributed by atoms with van der Waals surface area (Å²) in [6.07, 6.45) is 1.49. The van der Waals surface area contributed by atoms with Crippen LogP contribution in [0.15, 0.2) is 54.7 Å². The summed E-state index contributed by atoms with van der Waals surface area (Å²) in [5, 5.41) is 14.0. The topological polar surface area (TPSA) is 72.0 Å². The molecule has 122 valence electrons. The van der Waals surface area contributed by atoms with Crippen LogP contribution in [0, 0.1) is 5.82 Å². The third-order valence-corrected chi connectivity index (χ3v) is 3.11. The first-order valence-corrected chi connectivity index (χ1v) is 7.46. The summed E-state index contributed by atoms with van der Waals surface area (Å²) in [5.41, 5.74) is 1.46. The number of rotatable bonds is 6. The summed E-state index contributed by atoms with van der Waals surface area (Å²) >= 11 is 0. The van der Waals surface area contributed by atoms with E-state index in [-0.39, 0.29) is 5.82 Å². The van der Waals surface area contributed by atoms with Crippen molar-refractivity contribution in [3.63, 3.8) is 0 Å². The van der Waals surface area contributed by atoms with E-state index < -0.39 is 0 Å². The van der Waals surface area contributed by atoms with Gasteiger partial charge in [-0.25, -0.2) is 4.39 Å². The van der Waals surface area contributed by atoms with Gasteiger partial charge in [0.15, 0.2) is 5.82 Å². The van der Waals surface area contributed by atoms with Gasteiger partial charge in [0.2, 0.25) is 5.95 Å². The van der Waals surface area contributed by atoms with E-state index in [1.165, 1.54) is 18.3 Å². The summed E-state index contributed by atoms with van der Waals surface area (Å²) in [4.78, 5) is 4.34. The van der Waals surface area contributed by atoms with E-state index >= 15 is 0 Å². The van der Waals surface area contributed by atoms with Crippen molar-refractivity contribution in [2.24, 2.45) is 0 Å². The summed E-state index contributed by atoms with van der Waals surface area (Å²) < 4.78 is 18.5. The van der Waals surface area contributed by atoms with Crippen molar-refractivity contribution < 1.29 is 9.13 Å². The Morgan fingerprint density at radius 1 is 1.04 bits per heavy atom. The van der Waals surface area contributed by atoms with Gasteiger partial charge in [-0.15, -0.1) is 5.10 Å². The molecule has 2 aromatic carbocycles. The average Bonchev–Trinajstić information content (AvgIpc) is 2.59. The Labute approximate surface area is 138 Å². The lowest BCUT2D eigenvalue weighted by Crippen LogP contribution is -2.04. The highest BCUT2D eigenvalue weighted by molar-refractivity contribution is 5.63. The fourth-order valence-corrected chi connectivity index (χ4v) is 2.07. The molecule has 0 atom stereocenters. The quantitative estimate of drug-likeness (QED) is 0.716. The molecular weight excluding hydrogens is 309 g/mol. The van der Waals surface area contributed by atoms with Crippen LogP contribution in [0.1, 0.15) is 6.92 Å². The maximum absolute atomic E-state index is 12.9. The number of nitrogens with zero attached hydrogens (tertiary/aromatic N) is 3. The van der Waals surface area contributed by atoms with Crippen LogP contribution in [0.3, 0.4) is 0 Å². The second-order valence-electron chi connectivity index (χ2n) is 4.85. The first-order chi connectivity index (χ1) is 11.7. The molecule has 7 heteroatoms. The zero-order valence-electron chi connectivity index (χ0n) is 13.0. The summed E-state index contributed by atoms with van der Waals surface area (Å²) in [6.45, 7) is 2.48. The SMILES string of the molecule is CCOc1ccccc1Nc1nncc(Nc2ccc(F)cc2)n1. The molecule has 1 aromatic heterocycles. The molecule has 2 N–H and O–H groups in total. The Bertz CT molecular complexity index is 810. The van der Waals surface area contributed by atoms with E-state index in [2.05, 4.69) is 25.8 Å². The number of aromatic nitrogens is 3. The molecule has 0 bridgehead atoms.